The van der Waals surface area contributed by atoms with Gasteiger partial charge in [-0.25, -0.2) is 13.1 Å². The van der Waals surface area contributed by atoms with Gasteiger partial charge in [0.05, 0.1) is 6.61 Å². The van der Waals surface area contributed by atoms with Crippen molar-refractivity contribution in [3.63, 3.8) is 0 Å². The van der Waals surface area contributed by atoms with Gasteiger partial charge in [-0.1, -0.05) is 0 Å². The molecule has 1 rings (SSSR count). The molecule has 0 radical (unpaired) electrons. The number of hydrogen-bond acceptors (Lipinski definition) is 5. The Morgan fingerprint density at radius 2 is 2.24 bits per heavy atom. The molecule has 0 aliphatic heterocycles. The van der Waals surface area contributed by atoms with Crippen molar-refractivity contribution < 1.29 is 13.2 Å². The SMILES string of the molecule is CCOCCNS(=O)(=O)c1cn(CC)nc1N. The topological polar surface area (TPSA) is 99.2 Å². The predicted molar refractivity (Wildman–Crippen MR) is 64.0 cm³/mol. The van der Waals surface area contributed by atoms with Crippen LogP contribution < -0.4 is 10.5 Å². The number of anilines is 1. The highest BCUT2D eigenvalue weighted by atomic mass is 32.2. The summed E-state index contributed by atoms with van der Waals surface area (Å²) in [5.41, 5.74) is 5.55. The van der Waals surface area contributed by atoms with Crippen molar-refractivity contribution in [2.45, 2.75) is 25.3 Å². The average Bonchev–Trinajstić information content (AvgIpc) is 2.67. The summed E-state index contributed by atoms with van der Waals surface area (Å²) >= 11 is 0. The molecule has 1 aromatic rings. The number of nitrogens with one attached hydrogen (secondary N) is 1. The Kier molecular flexibility index (Phi) is 4.91. The molecule has 0 atom stereocenters. The molecule has 0 aromatic carbocycles. The molecular formula is C9H18N4O3S. The van der Waals surface area contributed by atoms with E-state index < -0.39 is 10.0 Å². The van der Waals surface area contributed by atoms with Gasteiger partial charge in [0.25, 0.3) is 0 Å². The fraction of sp³-hybridized carbons (Fsp3) is 0.667. The van der Waals surface area contributed by atoms with Crippen LogP contribution in [0.4, 0.5) is 5.82 Å². The highest BCUT2D eigenvalue weighted by Crippen LogP contribution is 2.15. The van der Waals surface area contributed by atoms with E-state index in [2.05, 4.69) is 9.82 Å². The van der Waals surface area contributed by atoms with E-state index in [1.807, 2.05) is 13.8 Å². The summed E-state index contributed by atoms with van der Waals surface area (Å²) < 4.78 is 32.6. The van der Waals surface area contributed by atoms with Crippen LogP contribution in [0.2, 0.25) is 0 Å². The van der Waals surface area contributed by atoms with E-state index in [4.69, 9.17) is 10.5 Å². The van der Waals surface area contributed by atoms with Gasteiger partial charge in [0.15, 0.2) is 5.82 Å². The van der Waals surface area contributed by atoms with Crippen LogP contribution >= 0.6 is 0 Å². The van der Waals surface area contributed by atoms with Crippen LogP contribution in [-0.2, 0) is 21.3 Å². The summed E-state index contributed by atoms with van der Waals surface area (Å²) in [6.45, 7) is 5.36. The van der Waals surface area contributed by atoms with E-state index >= 15 is 0 Å². The quantitative estimate of drug-likeness (QED) is 0.663. The normalized spacial score (nSPS) is 11.9. The number of rotatable bonds is 7. The van der Waals surface area contributed by atoms with Crippen molar-refractivity contribution in [1.29, 1.82) is 0 Å². The summed E-state index contributed by atoms with van der Waals surface area (Å²) in [6.07, 6.45) is 1.42. The van der Waals surface area contributed by atoms with Crippen LogP contribution in [0, 0.1) is 0 Å². The summed E-state index contributed by atoms with van der Waals surface area (Å²) in [5.74, 6) is 0.00996. The third-order valence-electron chi connectivity index (χ3n) is 2.11. The Balaban J connectivity index is 2.72. The van der Waals surface area contributed by atoms with Gasteiger partial charge in [-0.05, 0) is 13.8 Å². The smallest absolute Gasteiger partial charge is 0.245 e. The average molecular weight is 262 g/mol. The number of nitrogen functional groups attached to an aromatic ring is 1. The number of hydrogen-bond donors (Lipinski definition) is 2. The zero-order chi connectivity index (χ0) is 12.9. The Labute approximate surface area is 101 Å². The molecule has 0 aliphatic carbocycles. The minimum atomic E-state index is -3.60. The van der Waals surface area contributed by atoms with Gasteiger partial charge < -0.3 is 10.5 Å². The number of ether oxygens (including phenoxy) is 1. The van der Waals surface area contributed by atoms with Crippen LogP contribution in [0.1, 0.15) is 13.8 Å². The standard InChI is InChI=1S/C9H18N4O3S/c1-3-13-7-8(9(10)12-13)17(14,15)11-5-6-16-4-2/h7,11H,3-6H2,1-2H3,(H2,10,12). The molecule has 0 fully saturated rings. The molecule has 98 valence electrons. The van der Waals surface area contributed by atoms with E-state index in [0.717, 1.165) is 0 Å². The van der Waals surface area contributed by atoms with Crippen LogP contribution in [0.25, 0.3) is 0 Å². The maximum Gasteiger partial charge on any atom is 0.245 e. The molecule has 0 saturated carbocycles. The van der Waals surface area contributed by atoms with Crippen LogP contribution in [0.15, 0.2) is 11.1 Å². The molecule has 1 aromatic heterocycles. The zero-order valence-electron chi connectivity index (χ0n) is 10.0. The molecule has 0 unspecified atom stereocenters. The second kappa shape index (κ2) is 5.99. The minimum absolute atomic E-state index is 0.00996. The third-order valence-corrected chi connectivity index (χ3v) is 3.59. The van der Waals surface area contributed by atoms with Gasteiger partial charge in [-0.15, -0.1) is 0 Å². The van der Waals surface area contributed by atoms with Crippen molar-refractivity contribution in [2.75, 3.05) is 25.5 Å². The summed E-state index contributed by atoms with van der Waals surface area (Å²) in [6, 6.07) is 0. The van der Waals surface area contributed by atoms with Crippen LogP contribution in [0.5, 0.6) is 0 Å². The Bertz CT molecular complexity index is 455. The van der Waals surface area contributed by atoms with E-state index in [9.17, 15) is 8.42 Å². The summed E-state index contributed by atoms with van der Waals surface area (Å²) in [4.78, 5) is 0.0100. The van der Waals surface area contributed by atoms with E-state index in [-0.39, 0.29) is 17.3 Å². The molecule has 0 aliphatic rings. The van der Waals surface area contributed by atoms with Crippen molar-refractivity contribution in [2.24, 2.45) is 0 Å². The molecule has 1 heterocycles. The van der Waals surface area contributed by atoms with E-state index in [1.54, 1.807) is 0 Å². The second-order valence-electron chi connectivity index (χ2n) is 3.33. The number of nitrogens with two attached hydrogens (primary N) is 1. The fourth-order valence-corrected chi connectivity index (χ4v) is 2.34. The van der Waals surface area contributed by atoms with Crippen molar-refractivity contribution in [3.05, 3.63) is 6.20 Å². The van der Waals surface area contributed by atoms with Gasteiger partial charge in [-0.3, -0.25) is 4.68 Å². The first-order chi connectivity index (χ1) is 8.01. The molecule has 17 heavy (non-hydrogen) atoms. The second-order valence-corrected chi connectivity index (χ2v) is 5.06. The largest absolute Gasteiger partial charge is 0.381 e. The molecule has 0 spiro atoms. The first-order valence-electron chi connectivity index (χ1n) is 5.41. The van der Waals surface area contributed by atoms with E-state index in [1.165, 1.54) is 10.9 Å². The van der Waals surface area contributed by atoms with Crippen molar-refractivity contribution in [1.82, 2.24) is 14.5 Å². The minimum Gasteiger partial charge on any atom is -0.381 e. The first-order valence-corrected chi connectivity index (χ1v) is 6.90. The lowest BCUT2D eigenvalue weighted by Crippen LogP contribution is -2.27. The maximum atomic E-state index is 11.8. The maximum absolute atomic E-state index is 11.8. The third kappa shape index (κ3) is 3.69. The van der Waals surface area contributed by atoms with Gasteiger partial charge in [0.1, 0.15) is 4.90 Å². The number of aryl methyl sites for hydroxylation is 1. The molecule has 3 N–H and O–H groups in total. The van der Waals surface area contributed by atoms with Gasteiger partial charge in [-0.2, -0.15) is 5.10 Å². The lowest BCUT2D eigenvalue weighted by atomic mass is 10.6. The van der Waals surface area contributed by atoms with Crippen LogP contribution in [-0.4, -0.2) is 38.0 Å². The summed E-state index contributed by atoms with van der Waals surface area (Å²) in [5, 5.41) is 3.88. The van der Waals surface area contributed by atoms with E-state index in [0.29, 0.717) is 19.8 Å². The van der Waals surface area contributed by atoms with Crippen molar-refractivity contribution in [3.8, 4) is 0 Å². The van der Waals surface area contributed by atoms with Gasteiger partial charge >= 0.3 is 0 Å². The zero-order valence-corrected chi connectivity index (χ0v) is 10.8. The molecule has 0 saturated heterocycles. The Morgan fingerprint density at radius 1 is 1.53 bits per heavy atom. The van der Waals surface area contributed by atoms with Crippen LogP contribution in [0.3, 0.4) is 0 Å². The molecule has 8 heteroatoms. The van der Waals surface area contributed by atoms with Gasteiger partial charge in [0.2, 0.25) is 10.0 Å². The predicted octanol–water partition coefficient (Wildman–Crippen LogP) is -0.200. The number of nitrogens with zero attached hydrogens (tertiary/aromatic N) is 2. The van der Waals surface area contributed by atoms with Crippen molar-refractivity contribution >= 4 is 15.8 Å². The highest BCUT2D eigenvalue weighted by Gasteiger charge is 2.20. The number of aromatic nitrogens is 2. The molecule has 0 bridgehead atoms. The summed E-state index contributed by atoms with van der Waals surface area (Å²) in [7, 11) is -3.60. The Hall–Kier alpha value is -1.12. The highest BCUT2D eigenvalue weighted by molar-refractivity contribution is 7.89. The molecule has 0 amide bonds. The fourth-order valence-electron chi connectivity index (χ4n) is 1.26. The monoisotopic (exact) mass is 262 g/mol. The molecular weight excluding hydrogens is 244 g/mol. The first kappa shape index (κ1) is 13.9. The molecule has 7 nitrogen and oxygen atoms in total. The Morgan fingerprint density at radius 3 is 2.76 bits per heavy atom. The van der Waals surface area contributed by atoms with Gasteiger partial charge in [0, 0.05) is 25.9 Å². The lowest BCUT2D eigenvalue weighted by Gasteiger charge is -2.05. The number of sulfonamides is 1. The lowest BCUT2D eigenvalue weighted by molar-refractivity contribution is 0.153.